The van der Waals surface area contributed by atoms with E-state index in [-0.39, 0.29) is 34.3 Å². The van der Waals surface area contributed by atoms with Crippen molar-refractivity contribution in [1.29, 1.82) is 0 Å². The summed E-state index contributed by atoms with van der Waals surface area (Å²) in [7, 11) is 0. The molecule has 1 unspecified atom stereocenters. The summed E-state index contributed by atoms with van der Waals surface area (Å²) in [6.07, 6.45) is -8.06. The lowest BCUT2D eigenvalue weighted by Gasteiger charge is -2.41. The number of fused-ring (bicyclic) bond motifs is 1. The summed E-state index contributed by atoms with van der Waals surface area (Å²) in [5.41, 5.74) is -4.48. The Hall–Kier alpha value is -2.24. The van der Waals surface area contributed by atoms with E-state index in [1.54, 1.807) is 12.3 Å². The molecule has 0 saturated carbocycles. The molecule has 172 valence electrons. The van der Waals surface area contributed by atoms with Crippen molar-refractivity contribution in [3.05, 3.63) is 47.0 Å². The van der Waals surface area contributed by atoms with Gasteiger partial charge in [-0.15, -0.1) is 0 Å². The first-order valence-electron chi connectivity index (χ1n) is 9.26. The molecule has 1 atom stereocenters. The number of anilines is 1. The molecule has 3 heterocycles. The van der Waals surface area contributed by atoms with Gasteiger partial charge in [0, 0.05) is 30.4 Å². The highest BCUT2D eigenvalue weighted by Crippen LogP contribution is 2.50. The van der Waals surface area contributed by atoms with Gasteiger partial charge in [0.2, 0.25) is 0 Å². The van der Waals surface area contributed by atoms with E-state index in [1.807, 2.05) is 0 Å². The van der Waals surface area contributed by atoms with Gasteiger partial charge in [0.15, 0.2) is 0 Å². The van der Waals surface area contributed by atoms with E-state index in [4.69, 9.17) is 23.2 Å². The first-order valence-corrected chi connectivity index (χ1v) is 10.0. The molecule has 3 aromatic rings. The molecule has 13 heteroatoms. The van der Waals surface area contributed by atoms with Crippen LogP contribution in [-0.4, -0.2) is 50.2 Å². The van der Waals surface area contributed by atoms with Crippen LogP contribution < -0.4 is 4.90 Å². The number of hydrogen-bond donors (Lipinski definition) is 1. The molecule has 0 amide bonds. The highest BCUT2D eigenvalue weighted by atomic mass is 35.5. The summed E-state index contributed by atoms with van der Waals surface area (Å²) < 4.78 is 82.8. The predicted molar refractivity (Wildman–Crippen MR) is 106 cm³/mol. The molecule has 1 aliphatic rings. The first kappa shape index (κ1) is 22.9. The van der Waals surface area contributed by atoms with E-state index < -0.39 is 30.4 Å². The van der Waals surface area contributed by atoms with Gasteiger partial charge in [0.05, 0.1) is 33.6 Å². The predicted octanol–water partition coefficient (Wildman–Crippen LogP) is 5.55. The summed E-state index contributed by atoms with van der Waals surface area (Å²) in [6, 6.07) is 2.08. The normalized spacial score (nSPS) is 18.0. The van der Waals surface area contributed by atoms with Gasteiger partial charge in [-0.2, -0.15) is 26.3 Å². The van der Waals surface area contributed by atoms with Crippen molar-refractivity contribution in [2.45, 2.75) is 36.8 Å². The number of imidazole rings is 1. The van der Waals surface area contributed by atoms with Crippen LogP contribution in [0.25, 0.3) is 16.6 Å². The molecule has 4 rings (SSSR count). The standard InChI is InChI=1S/C19H14Cl2F6N4O/c20-11-4-3-10-12(30-7-5-28-9-30)8-14(29-16(10)15(11)21)31-6-1-2-13(31)17(32,18(22,23)24)19(25,26)27/h3-5,7-9,13,32H,1-2,6H2. The Morgan fingerprint density at radius 1 is 1.06 bits per heavy atom. The summed E-state index contributed by atoms with van der Waals surface area (Å²) >= 11 is 12.3. The highest BCUT2D eigenvalue weighted by molar-refractivity contribution is 6.45. The largest absolute Gasteiger partial charge is 0.428 e. The fourth-order valence-corrected chi connectivity index (χ4v) is 4.34. The van der Waals surface area contributed by atoms with Crippen molar-refractivity contribution in [1.82, 2.24) is 14.5 Å². The van der Waals surface area contributed by atoms with Gasteiger partial charge >= 0.3 is 12.4 Å². The zero-order chi connectivity index (χ0) is 23.5. The Morgan fingerprint density at radius 3 is 2.34 bits per heavy atom. The van der Waals surface area contributed by atoms with Crippen LogP contribution >= 0.6 is 23.2 Å². The first-order chi connectivity index (χ1) is 14.9. The van der Waals surface area contributed by atoms with Crippen molar-refractivity contribution >= 4 is 39.9 Å². The van der Waals surface area contributed by atoms with Crippen LogP contribution in [0.1, 0.15) is 12.8 Å². The van der Waals surface area contributed by atoms with Crippen LogP contribution in [0.5, 0.6) is 0 Å². The van der Waals surface area contributed by atoms with Crippen LogP contribution in [-0.2, 0) is 0 Å². The third-order valence-corrected chi connectivity index (χ3v) is 6.31. The SMILES string of the molecule is OC(C1CCCN1c1cc(-n2ccnc2)c2ccc(Cl)c(Cl)c2n1)(C(F)(F)F)C(F)(F)F. The summed E-state index contributed by atoms with van der Waals surface area (Å²) in [5, 5.41) is 10.6. The van der Waals surface area contributed by atoms with Crippen LogP contribution in [0.15, 0.2) is 36.9 Å². The minimum absolute atomic E-state index is 0.00923. The number of pyridine rings is 1. The molecule has 0 bridgehead atoms. The number of nitrogens with zero attached hydrogens (tertiary/aromatic N) is 4. The van der Waals surface area contributed by atoms with Gasteiger partial charge < -0.3 is 14.6 Å². The lowest BCUT2D eigenvalue weighted by molar-refractivity contribution is -0.373. The molecular formula is C19H14Cl2F6N4O. The van der Waals surface area contributed by atoms with Crippen molar-refractivity contribution in [2.24, 2.45) is 0 Å². The molecule has 0 spiro atoms. The number of aliphatic hydroxyl groups is 1. The molecule has 1 fully saturated rings. The van der Waals surface area contributed by atoms with Crippen molar-refractivity contribution in [3.63, 3.8) is 0 Å². The smallest absolute Gasteiger partial charge is 0.372 e. The molecule has 2 aromatic heterocycles. The Bertz CT molecular complexity index is 1140. The fourth-order valence-electron chi connectivity index (χ4n) is 3.98. The van der Waals surface area contributed by atoms with E-state index in [9.17, 15) is 31.4 Å². The van der Waals surface area contributed by atoms with Crippen molar-refractivity contribution in [2.75, 3.05) is 11.4 Å². The molecule has 32 heavy (non-hydrogen) atoms. The molecule has 0 radical (unpaired) electrons. The Balaban J connectivity index is 1.94. The van der Waals surface area contributed by atoms with Gasteiger partial charge in [-0.3, -0.25) is 0 Å². The Kier molecular flexibility index (Phi) is 5.50. The van der Waals surface area contributed by atoms with Crippen molar-refractivity contribution in [3.8, 4) is 5.69 Å². The van der Waals surface area contributed by atoms with Crippen molar-refractivity contribution < 1.29 is 31.4 Å². The number of alkyl halides is 6. The number of benzene rings is 1. The van der Waals surface area contributed by atoms with Crippen LogP contribution in [0.2, 0.25) is 10.0 Å². The van der Waals surface area contributed by atoms with Gasteiger partial charge in [-0.05, 0) is 25.0 Å². The van der Waals surface area contributed by atoms with Crippen LogP contribution in [0, 0.1) is 0 Å². The van der Waals surface area contributed by atoms with Gasteiger partial charge in [-0.25, -0.2) is 9.97 Å². The fraction of sp³-hybridized carbons (Fsp3) is 0.368. The maximum atomic E-state index is 13.5. The zero-order valence-electron chi connectivity index (χ0n) is 15.9. The van der Waals surface area contributed by atoms with Gasteiger partial charge in [0.25, 0.3) is 5.60 Å². The molecule has 1 saturated heterocycles. The van der Waals surface area contributed by atoms with Crippen LogP contribution in [0.3, 0.4) is 0 Å². The summed E-state index contributed by atoms with van der Waals surface area (Å²) in [5.74, 6) is -0.209. The number of aromatic nitrogens is 3. The number of halogens is 8. The second-order valence-electron chi connectivity index (χ2n) is 7.34. The molecule has 1 aromatic carbocycles. The average molecular weight is 499 g/mol. The molecule has 1 aliphatic heterocycles. The van der Waals surface area contributed by atoms with E-state index in [2.05, 4.69) is 9.97 Å². The minimum atomic E-state index is -5.95. The summed E-state index contributed by atoms with van der Waals surface area (Å²) in [6.45, 7) is -0.181. The topological polar surface area (TPSA) is 54.2 Å². The third kappa shape index (κ3) is 3.46. The summed E-state index contributed by atoms with van der Waals surface area (Å²) in [4.78, 5) is 8.99. The number of rotatable bonds is 3. The lowest BCUT2D eigenvalue weighted by Crippen LogP contribution is -2.67. The Morgan fingerprint density at radius 2 is 1.75 bits per heavy atom. The Labute approximate surface area is 187 Å². The van der Waals surface area contributed by atoms with Gasteiger partial charge in [-0.1, -0.05) is 23.2 Å². The quantitative estimate of drug-likeness (QED) is 0.481. The molecule has 5 nitrogen and oxygen atoms in total. The average Bonchev–Trinajstić information content (AvgIpc) is 3.40. The molecule has 1 N–H and O–H groups in total. The second-order valence-corrected chi connectivity index (χ2v) is 8.13. The minimum Gasteiger partial charge on any atom is -0.372 e. The zero-order valence-corrected chi connectivity index (χ0v) is 17.4. The monoisotopic (exact) mass is 498 g/mol. The third-order valence-electron chi connectivity index (χ3n) is 5.51. The highest BCUT2D eigenvalue weighted by Gasteiger charge is 2.75. The maximum absolute atomic E-state index is 13.5. The van der Waals surface area contributed by atoms with E-state index in [0.717, 1.165) is 4.90 Å². The van der Waals surface area contributed by atoms with E-state index >= 15 is 0 Å². The van der Waals surface area contributed by atoms with Gasteiger partial charge in [0.1, 0.15) is 5.82 Å². The maximum Gasteiger partial charge on any atom is 0.428 e. The second kappa shape index (κ2) is 7.67. The molecular weight excluding hydrogens is 485 g/mol. The van der Waals surface area contributed by atoms with E-state index in [1.165, 1.54) is 29.2 Å². The van der Waals surface area contributed by atoms with Crippen LogP contribution in [0.4, 0.5) is 32.2 Å². The number of hydrogen-bond acceptors (Lipinski definition) is 4. The molecule has 0 aliphatic carbocycles. The lowest BCUT2D eigenvalue weighted by atomic mass is 9.90. The van der Waals surface area contributed by atoms with E-state index in [0.29, 0.717) is 11.1 Å².